The van der Waals surface area contributed by atoms with Crippen LogP contribution in [0.15, 0.2) is 18.3 Å². The van der Waals surface area contributed by atoms with Crippen molar-refractivity contribution in [3.63, 3.8) is 0 Å². The van der Waals surface area contributed by atoms with Gasteiger partial charge in [-0.25, -0.2) is 4.98 Å². The van der Waals surface area contributed by atoms with Crippen LogP contribution in [0.3, 0.4) is 0 Å². The van der Waals surface area contributed by atoms with Gasteiger partial charge in [-0.2, -0.15) is 0 Å². The van der Waals surface area contributed by atoms with Crippen LogP contribution in [0.5, 0.6) is 5.75 Å². The molecule has 2 N–H and O–H groups in total. The van der Waals surface area contributed by atoms with Gasteiger partial charge >= 0.3 is 0 Å². The van der Waals surface area contributed by atoms with Crippen molar-refractivity contribution in [3.8, 4) is 5.75 Å². The summed E-state index contributed by atoms with van der Waals surface area (Å²) in [6.07, 6.45) is 1.79. The normalized spacial score (nSPS) is 14.5. The first-order chi connectivity index (χ1) is 8.80. The minimum atomic E-state index is -0.823. The van der Waals surface area contributed by atoms with Gasteiger partial charge in [0.15, 0.2) is 11.6 Å². The van der Waals surface area contributed by atoms with Crippen molar-refractivity contribution in [1.82, 2.24) is 9.88 Å². The van der Waals surface area contributed by atoms with Gasteiger partial charge in [0.05, 0.1) is 11.7 Å². The number of hydrogen-bond acceptors (Lipinski definition) is 5. The summed E-state index contributed by atoms with van der Waals surface area (Å²) in [6, 6.07) is 3.71. The van der Waals surface area contributed by atoms with Crippen LogP contribution >= 0.6 is 0 Å². The topological polar surface area (TPSA) is 57.6 Å². The molecule has 1 rings (SSSR count). The van der Waals surface area contributed by atoms with Gasteiger partial charge in [-0.1, -0.05) is 0 Å². The molecule has 0 aliphatic heterocycles. The summed E-state index contributed by atoms with van der Waals surface area (Å²) >= 11 is 0. The van der Waals surface area contributed by atoms with Gasteiger partial charge in [0.1, 0.15) is 0 Å². The third kappa shape index (κ3) is 5.89. The summed E-state index contributed by atoms with van der Waals surface area (Å²) in [5.41, 5.74) is -0.823. The Morgan fingerprint density at radius 3 is 2.74 bits per heavy atom. The maximum absolute atomic E-state index is 10.2. The van der Waals surface area contributed by atoms with Gasteiger partial charge in [0.25, 0.3) is 0 Å². The number of nitrogens with one attached hydrogen (secondary N) is 1. The molecule has 0 aliphatic carbocycles. The molecular weight excluding hydrogens is 242 g/mol. The van der Waals surface area contributed by atoms with Crippen LogP contribution in [0.25, 0.3) is 0 Å². The lowest BCUT2D eigenvalue weighted by atomic mass is 10.1. The van der Waals surface area contributed by atoms with Crippen LogP contribution in [0.1, 0.15) is 20.8 Å². The molecule has 1 unspecified atom stereocenters. The summed E-state index contributed by atoms with van der Waals surface area (Å²) in [4.78, 5) is 6.20. The zero-order valence-electron chi connectivity index (χ0n) is 12.5. The Morgan fingerprint density at radius 1 is 1.47 bits per heavy atom. The van der Waals surface area contributed by atoms with E-state index < -0.39 is 5.60 Å². The van der Waals surface area contributed by atoms with Gasteiger partial charge in [-0.3, -0.25) is 0 Å². The summed E-state index contributed by atoms with van der Waals surface area (Å²) in [6.45, 7) is 6.73. The van der Waals surface area contributed by atoms with Gasteiger partial charge < -0.3 is 20.1 Å². The molecule has 1 aromatic heterocycles. The van der Waals surface area contributed by atoms with E-state index in [1.54, 1.807) is 13.1 Å². The average Bonchev–Trinajstić information content (AvgIpc) is 2.25. The van der Waals surface area contributed by atoms with Crippen LogP contribution in [0, 0.1) is 0 Å². The number of ether oxygens (including phenoxy) is 1. The second kappa shape index (κ2) is 6.73. The largest absolute Gasteiger partial charge is 0.487 e. The molecule has 0 spiro atoms. The molecule has 5 heteroatoms. The SMILES string of the molecule is CC(C)Oc1cccnc1NCC(C)(O)CN(C)C. The molecule has 0 bridgehead atoms. The quantitative estimate of drug-likeness (QED) is 0.786. The predicted octanol–water partition coefficient (Wildman–Crippen LogP) is 1.59. The molecule has 0 saturated carbocycles. The van der Waals surface area contributed by atoms with E-state index in [0.717, 1.165) is 0 Å². The Labute approximate surface area is 115 Å². The van der Waals surface area contributed by atoms with Crippen molar-refractivity contribution in [2.45, 2.75) is 32.5 Å². The third-order valence-corrected chi connectivity index (χ3v) is 2.43. The highest BCUT2D eigenvalue weighted by molar-refractivity contribution is 5.49. The molecule has 19 heavy (non-hydrogen) atoms. The zero-order chi connectivity index (χ0) is 14.5. The van der Waals surface area contributed by atoms with Crippen molar-refractivity contribution >= 4 is 5.82 Å². The van der Waals surface area contributed by atoms with Crippen LogP contribution in [-0.2, 0) is 0 Å². The lowest BCUT2D eigenvalue weighted by Crippen LogP contribution is -2.43. The fraction of sp³-hybridized carbons (Fsp3) is 0.643. The highest BCUT2D eigenvalue weighted by Gasteiger charge is 2.21. The van der Waals surface area contributed by atoms with Crippen LogP contribution in [-0.4, -0.2) is 53.9 Å². The summed E-state index contributed by atoms with van der Waals surface area (Å²) in [5.74, 6) is 1.37. The Bertz CT molecular complexity index is 392. The Kier molecular flexibility index (Phi) is 5.57. The predicted molar refractivity (Wildman–Crippen MR) is 77.7 cm³/mol. The van der Waals surface area contributed by atoms with E-state index in [2.05, 4.69) is 10.3 Å². The van der Waals surface area contributed by atoms with E-state index in [4.69, 9.17) is 4.74 Å². The van der Waals surface area contributed by atoms with Crippen molar-refractivity contribution < 1.29 is 9.84 Å². The number of aliphatic hydroxyl groups is 1. The van der Waals surface area contributed by atoms with Crippen molar-refractivity contribution in [1.29, 1.82) is 0 Å². The number of anilines is 1. The fourth-order valence-corrected chi connectivity index (χ4v) is 1.88. The number of likely N-dealkylation sites (N-methyl/N-ethyl adjacent to an activating group) is 1. The van der Waals surface area contributed by atoms with Gasteiger partial charge in [0.2, 0.25) is 0 Å². The first-order valence-corrected chi connectivity index (χ1v) is 6.53. The van der Waals surface area contributed by atoms with Crippen molar-refractivity contribution in [2.24, 2.45) is 0 Å². The van der Waals surface area contributed by atoms with Crippen LogP contribution in [0.2, 0.25) is 0 Å². The van der Waals surface area contributed by atoms with E-state index in [-0.39, 0.29) is 6.10 Å². The minimum absolute atomic E-state index is 0.0898. The van der Waals surface area contributed by atoms with Crippen molar-refractivity contribution in [2.75, 3.05) is 32.5 Å². The van der Waals surface area contributed by atoms with E-state index in [1.807, 2.05) is 45.0 Å². The highest BCUT2D eigenvalue weighted by atomic mass is 16.5. The van der Waals surface area contributed by atoms with Gasteiger partial charge in [-0.15, -0.1) is 0 Å². The smallest absolute Gasteiger partial charge is 0.168 e. The number of rotatable bonds is 7. The summed E-state index contributed by atoms with van der Waals surface area (Å²) in [7, 11) is 3.87. The summed E-state index contributed by atoms with van der Waals surface area (Å²) < 4.78 is 5.67. The zero-order valence-corrected chi connectivity index (χ0v) is 12.5. The van der Waals surface area contributed by atoms with Crippen molar-refractivity contribution in [3.05, 3.63) is 18.3 Å². The van der Waals surface area contributed by atoms with Gasteiger partial charge in [0, 0.05) is 19.3 Å². The van der Waals surface area contributed by atoms with E-state index in [1.165, 1.54) is 0 Å². The average molecular weight is 267 g/mol. The number of aromatic nitrogens is 1. The lowest BCUT2D eigenvalue weighted by molar-refractivity contribution is 0.0458. The van der Waals surface area contributed by atoms with Crippen LogP contribution < -0.4 is 10.1 Å². The minimum Gasteiger partial charge on any atom is -0.487 e. The summed E-state index contributed by atoms with van der Waals surface area (Å²) in [5, 5.41) is 13.4. The first-order valence-electron chi connectivity index (χ1n) is 6.53. The van der Waals surface area contributed by atoms with E-state index in [9.17, 15) is 5.11 Å². The number of hydrogen-bond donors (Lipinski definition) is 2. The fourth-order valence-electron chi connectivity index (χ4n) is 1.88. The van der Waals surface area contributed by atoms with E-state index >= 15 is 0 Å². The molecule has 0 saturated heterocycles. The molecule has 1 atom stereocenters. The first kappa shape index (κ1) is 15.7. The third-order valence-electron chi connectivity index (χ3n) is 2.43. The second-order valence-corrected chi connectivity index (χ2v) is 5.61. The second-order valence-electron chi connectivity index (χ2n) is 5.61. The van der Waals surface area contributed by atoms with E-state index in [0.29, 0.717) is 24.7 Å². The monoisotopic (exact) mass is 267 g/mol. The molecule has 1 aromatic rings. The lowest BCUT2D eigenvalue weighted by Gasteiger charge is -2.27. The number of nitrogens with zero attached hydrogens (tertiary/aromatic N) is 2. The Balaban J connectivity index is 2.67. The number of pyridine rings is 1. The molecule has 5 nitrogen and oxygen atoms in total. The molecule has 0 fully saturated rings. The molecule has 108 valence electrons. The molecule has 0 aliphatic rings. The van der Waals surface area contributed by atoms with Gasteiger partial charge in [-0.05, 0) is 47.0 Å². The maximum atomic E-state index is 10.2. The standard InChI is InChI=1S/C14H25N3O2/c1-11(2)19-12-7-6-8-15-13(12)16-9-14(3,18)10-17(4)5/h6-8,11,18H,9-10H2,1-5H3,(H,15,16). The molecule has 0 aromatic carbocycles. The maximum Gasteiger partial charge on any atom is 0.168 e. The molecular formula is C14H25N3O2. The Hall–Kier alpha value is -1.33. The molecule has 0 radical (unpaired) electrons. The Morgan fingerprint density at radius 2 is 2.16 bits per heavy atom. The molecule has 0 amide bonds. The van der Waals surface area contributed by atoms with Crippen LogP contribution in [0.4, 0.5) is 5.82 Å². The molecule has 1 heterocycles. The highest BCUT2D eigenvalue weighted by Crippen LogP contribution is 2.22.